The summed E-state index contributed by atoms with van der Waals surface area (Å²) in [6.45, 7) is 3.84. The highest BCUT2D eigenvalue weighted by molar-refractivity contribution is 6.34. The van der Waals surface area contributed by atoms with E-state index in [2.05, 4.69) is 15.2 Å². The minimum atomic E-state index is 0.654. The number of H-pyrrole nitrogens is 1. The molecule has 3 nitrogen and oxygen atoms in total. The lowest BCUT2D eigenvalue weighted by molar-refractivity contribution is 1.07. The van der Waals surface area contributed by atoms with Crippen LogP contribution < -0.4 is 0 Å². The number of rotatable bonds is 0. The van der Waals surface area contributed by atoms with Gasteiger partial charge in [-0.05, 0) is 19.9 Å². The van der Waals surface area contributed by atoms with Crippen LogP contribution in [0.3, 0.4) is 0 Å². The largest absolute Gasteiger partial charge is 0.280 e. The van der Waals surface area contributed by atoms with Crippen LogP contribution in [0.1, 0.15) is 11.4 Å². The molecule has 2 rings (SSSR count). The third kappa shape index (κ3) is 0.975. The fraction of sp³-hybridized carbons (Fsp3) is 0.250. The van der Waals surface area contributed by atoms with Crippen molar-refractivity contribution in [2.45, 2.75) is 13.8 Å². The average molecular weight is 182 g/mol. The van der Waals surface area contributed by atoms with Gasteiger partial charge in [0, 0.05) is 5.69 Å². The Morgan fingerprint density at radius 1 is 1.33 bits per heavy atom. The third-order valence-electron chi connectivity index (χ3n) is 1.76. The summed E-state index contributed by atoms with van der Waals surface area (Å²) in [6, 6.07) is 1.81. The van der Waals surface area contributed by atoms with E-state index in [0.29, 0.717) is 5.02 Å². The summed E-state index contributed by atoms with van der Waals surface area (Å²) in [5.74, 6) is 0. The normalized spacial score (nSPS) is 10.9. The maximum Gasteiger partial charge on any atom is 0.129 e. The molecule has 0 radical (unpaired) electrons. The number of fused-ring (bicyclic) bond motifs is 1. The summed E-state index contributed by atoms with van der Waals surface area (Å²) in [6.07, 6.45) is 0. The van der Waals surface area contributed by atoms with Gasteiger partial charge >= 0.3 is 0 Å². The van der Waals surface area contributed by atoms with Crippen LogP contribution in [0.2, 0.25) is 5.02 Å². The molecule has 2 aromatic heterocycles. The first kappa shape index (κ1) is 7.55. The van der Waals surface area contributed by atoms with Gasteiger partial charge in [-0.2, -0.15) is 5.10 Å². The number of nitrogens with one attached hydrogen (secondary N) is 1. The zero-order valence-electron chi connectivity index (χ0n) is 6.85. The summed E-state index contributed by atoms with van der Waals surface area (Å²) in [5.41, 5.74) is 3.48. The topological polar surface area (TPSA) is 41.6 Å². The van der Waals surface area contributed by atoms with E-state index >= 15 is 0 Å². The van der Waals surface area contributed by atoms with E-state index in [0.717, 1.165) is 22.4 Å². The maximum absolute atomic E-state index is 5.95. The van der Waals surface area contributed by atoms with Crippen molar-refractivity contribution in [2.75, 3.05) is 0 Å². The number of nitrogens with zero attached hydrogens (tertiary/aromatic N) is 2. The van der Waals surface area contributed by atoms with Crippen molar-refractivity contribution in [1.82, 2.24) is 15.2 Å². The lowest BCUT2D eigenvalue weighted by atomic mass is 10.3. The van der Waals surface area contributed by atoms with Gasteiger partial charge in [0.25, 0.3) is 0 Å². The summed E-state index contributed by atoms with van der Waals surface area (Å²) in [7, 11) is 0. The maximum atomic E-state index is 5.95. The Kier molecular flexibility index (Phi) is 1.54. The molecule has 1 N–H and O–H groups in total. The van der Waals surface area contributed by atoms with Crippen molar-refractivity contribution < 1.29 is 0 Å². The molecule has 0 fully saturated rings. The minimum Gasteiger partial charge on any atom is -0.280 e. The standard InChI is InChI=1S/C8H8ClN3/c1-4-3-6(9)8-7(10-4)5(2)11-12-8/h3H,1-2H3,(H,11,12). The monoisotopic (exact) mass is 181 g/mol. The molecule has 0 saturated carbocycles. The van der Waals surface area contributed by atoms with Gasteiger partial charge in [0.1, 0.15) is 11.0 Å². The highest BCUT2D eigenvalue weighted by Crippen LogP contribution is 2.22. The van der Waals surface area contributed by atoms with E-state index in [4.69, 9.17) is 11.6 Å². The average Bonchev–Trinajstić information content (AvgIpc) is 2.33. The quantitative estimate of drug-likeness (QED) is 0.677. The number of aromatic amines is 1. The Hall–Kier alpha value is -1.09. The van der Waals surface area contributed by atoms with Gasteiger partial charge in [-0.15, -0.1) is 0 Å². The predicted molar refractivity (Wildman–Crippen MR) is 48.4 cm³/mol. The molecule has 0 aromatic carbocycles. The van der Waals surface area contributed by atoms with Crippen molar-refractivity contribution in [3.63, 3.8) is 0 Å². The van der Waals surface area contributed by atoms with E-state index in [1.807, 2.05) is 19.9 Å². The molecular formula is C8H8ClN3. The van der Waals surface area contributed by atoms with E-state index in [1.54, 1.807) is 0 Å². The number of aryl methyl sites for hydroxylation is 2. The zero-order chi connectivity index (χ0) is 8.72. The second kappa shape index (κ2) is 2.45. The van der Waals surface area contributed by atoms with Crippen molar-refractivity contribution in [1.29, 1.82) is 0 Å². The van der Waals surface area contributed by atoms with Gasteiger partial charge in [0.2, 0.25) is 0 Å². The van der Waals surface area contributed by atoms with Crippen LogP contribution in [0.5, 0.6) is 0 Å². The van der Waals surface area contributed by atoms with E-state index < -0.39 is 0 Å². The molecule has 0 amide bonds. The number of halogens is 1. The first-order chi connectivity index (χ1) is 5.68. The SMILES string of the molecule is Cc1cc(Cl)c2n[nH]c(C)c2n1. The van der Waals surface area contributed by atoms with Crippen LogP contribution in [0.15, 0.2) is 6.07 Å². The molecule has 4 heteroatoms. The highest BCUT2D eigenvalue weighted by atomic mass is 35.5. The summed E-state index contributed by atoms with van der Waals surface area (Å²) >= 11 is 5.95. The van der Waals surface area contributed by atoms with Crippen LogP contribution in [0, 0.1) is 13.8 Å². The van der Waals surface area contributed by atoms with Crippen molar-refractivity contribution in [3.05, 3.63) is 22.5 Å². The van der Waals surface area contributed by atoms with Gasteiger partial charge in [-0.1, -0.05) is 11.6 Å². The highest BCUT2D eigenvalue weighted by Gasteiger charge is 2.06. The minimum absolute atomic E-state index is 0.654. The number of pyridine rings is 1. The van der Waals surface area contributed by atoms with Crippen LogP contribution >= 0.6 is 11.6 Å². The molecule has 0 aliphatic carbocycles. The van der Waals surface area contributed by atoms with Gasteiger partial charge in [-0.25, -0.2) is 4.98 Å². The van der Waals surface area contributed by atoms with Gasteiger partial charge < -0.3 is 0 Å². The second-order valence-corrected chi connectivity index (χ2v) is 3.20. The Morgan fingerprint density at radius 2 is 2.08 bits per heavy atom. The van der Waals surface area contributed by atoms with Crippen molar-refractivity contribution in [3.8, 4) is 0 Å². The van der Waals surface area contributed by atoms with Crippen LogP contribution in [-0.2, 0) is 0 Å². The van der Waals surface area contributed by atoms with Crippen LogP contribution in [0.4, 0.5) is 0 Å². The molecule has 62 valence electrons. The second-order valence-electron chi connectivity index (χ2n) is 2.79. The molecular weight excluding hydrogens is 174 g/mol. The number of hydrogen-bond donors (Lipinski definition) is 1. The lowest BCUT2D eigenvalue weighted by Gasteiger charge is -1.94. The smallest absolute Gasteiger partial charge is 0.129 e. The molecule has 0 bridgehead atoms. The molecule has 12 heavy (non-hydrogen) atoms. The molecule has 0 aliphatic rings. The van der Waals surface area contributed by atoms with Crippen molar-refractivity contribution in [2.24, 2.45) is 0 Å². The first-order valence-corrected chi connectivity index (χ1v) is 4.04. The lowest BCUT2D eigenvalue weighted by Crippen LogP contribution is -1.82. The molecule has 0 saturated heterocycles. The summed E-state index contributed by atoms with van der Waals surface area (Å²) < 4.78 is 0. The van der Waals surface area contributed by atoms with Crippen LogP contribution in [-0.4, -0.2) is 15.2 Å². The Bertz CT molecular complexity index is 433. The fourth-order valence-corrected chi connectivity index (χ4v) is 1.48. The fourth-order valence-electron chi connectivity index (χ4n) is 1.19. The van der Waals surface area contributed by atoms with Gasteiger partial charge in [-0.3, -0.25) is 5.10 Å². The molecule has 0 spiro atoms. The van der Waals surface area contributed by atoms with Crippen molar-refractivity contribution >= 4 is 22.6 Å². The third-order valence-corrected chi connectivity index (χ3v) is 2.05. The predicted octanol–water partition coefficient (Wildman–Crippen LogP) is 2.23. The molecule has 0 unspecified atom stereocenters. The zero-order valence-corrected chi connectivity index (χ0v) is 7.61. The van der Waals surface area contributed by atoms with E-state index in [-0.39, 0.29) is 0 Å². The van der Waals surface area contributed by atoms with Gasteiger partial charge in [0.15, 0.2) is 0 Å². The number of aromatic nitrogens is 3. The van der Waals surface area contributed by atoms with E-state index in [1.165, 1.54) is 0 Å². The summed E-state index contributed by atoms with van der Waals surface area (Å²) in [4.78, 5) is 4.32. The summed E-state index contributed by atoms with van der Waals surface area (Å²) in [5, 5.41) is 7.54. The molecule has 0 aliphatic heterocycles. The molecule has 2 heterocycles. The molecule has 0 atom stereocenters. The first-order valence-electron chi connectivity index (χ1n) is 3.66. The van der Waals surface area contributed by atoms with Crippen LogP contribution in [0.25, 0.3) is 11.0 Å². The van der Waals surface area contributed by atoms with Gasteiger partial charge in [0.05, 0.1) is 10.7 Å². The van der Waals surface area contributed by atoms with E-state index in [9.17, 15) is 0 Å². The molecule has 2 aromatic rings. The number of hydrogen-bond acceptors (Lipinski definition) is 2. The Morgan fingerprint density at radius 3 is 2.83 bits per heavy atom. The Balaban J connectivity index is 2.92. The Labute approximate surface area is 74.8 Å².